The Bertz CT molecular complexity index is 1020. The Morgan fingerprint density at radius 2 is 1.83 bits per heavy atom. The van der Waals surface area contributed by atoms with Crippen LogP contribution in [-0.2, 0) is 4.79 Å². The molecule has 1 amide bonds. The first kappa shape index (κ1) is 20.1. The summed E-state index contributed by atoms with van der Waals surface area (Å²) in [7, 11) is 1.63. The Hall–Kier alpha value is -3.20. The Kier molecular flexibility index (Phi) is 5.80. The Labute approximate surface area is 179 Å². The Morgan fingerprint density at radius 3 is 2.50 bits per heavy atom. The van der Waals surface area contributed by atoms with E-state index in [0.717, 1.165) is 22.9 Å². The molecule has 2 atom stereocenters. The quantitative estimate of drug-likeness (QED) is 0.626. The molecule has 0 bridgehead atoms. The van der Waals surface area contributed by atoms with Crippen molar-refractivity contribution in [2.75, 3.05) is 24.5 Å². The van der Waals surface area contributed by atoms with Gasteiger partial charge >= 0.3 is 0 Å². The number of hydrogen-bond donors (Lipinski definition) is 2. The molecule has 1 aromatic heterocycles. The van der Waals surface area contributed by atoms with E-state index >= 15 is 0 Å². The highest BCUT2D eigenvalue weighted by molar-refractivity contribution is 8.00. The van der Waals surface area contributed by atoms with E-state index in [2.05, 4.69) is 20.9 Å². The lowest BCUT2D eigenvalue weighted by molar-refractivity contribution is -0.116. The predicted molar refractivity (Wildman–Crippen MR) is 116 cm³/mol. The van der Waals surface area contributed by atoms with Gasteiger partial charge in [-0.25, -0.2) is 4.68 Å². The third kappa shape index (κ3) is 4.06. The van der Waals surface area contributed by atoms with Crippen LogP contribution in [0.1, 0.15) is 24.4 Å². The second-order valence-corrected chi connectivity index (χ2v) is 7.84. The molecule has 1 aliphatic heterocycles. The molecular weight excluding hydrogens is 402 g/mol. The van der Waals surface area contributed by atoms with Gasteiger partial charge in [-0.2, -0.15) is 0 Å². The zero-order valence-corrected chi connectivity index (χ0v) is 17.8. The highest BCUT2D eigenvalue weighted by Gasteiger charge is 2.37. The van der Waals surface area contributed by atoms with Gasteiger partial charge in [0, 0.05) is 5.69 Å². The second-order valence-electron chi connectivity index (χ2n) is 6.73. The fourth-order valence-electron chi connectivity index (χ4n) is 3.24. The maximum atomic E-state index is 13.2. The van der Waals surface area contributed by atoms with Gasteiger partial charge in [-0.3, -0.25) is 4.79 Å². The van der Waals surface area contributed by atoms with E-state index in [9.17, 15) is 4.79 Å². The number of nitrogens with zero attached hydrogens (tertiary/aromatic N) is 3. The molecule has 9 heteroatoms. The standard InChI is InChI=1S/C21H23N5O3S/c1-4-29-17-11-7-15(8-12-17)22-20(27)19-18(14-5-9-16(28-3)10-6-14)25-26-13(2)23-24-21(26)30-19/h5-12,18-19,25H,4H2,1-3H3,(H,22,27)/t18-,19-/m0/s1. The second kappa shape index (κ2) is 8.66. The van der Waals surface area contributed by atoms with Gasteiger partial charge in [0.05, 0.1) is 19.8 Å². The van der Waals surface area contributed by atoms with Crippen LogP contribution in [0.5, 0.6) is 11.5 Å². The van der Waals surface area contributed by atoms with Crippen molar-refractivity contribution in [3.8, 4) is 11.5 Å². The average molecular weight is 426 g/mol. The van der Waals surface area contributed by atoms with Gasteiger partial charge in [0.25, 0.3) is 0 Å². The first-order valence-electron chi connectivity index (χ1n) is 9.62. The van der Waals surface area contributed by atoms with Gasteiger partial charge in [0.15, 0.2) is 0 Å². The lowest BCUT2D eigenvalue weighted by Crippen LogP contribution is -2.41. The molecule has 3 aromatic rings. The SMILES string of the molecule is CCOc1ccc(NC(=O)[C@H]2Sc3nnc(C)n3N[C@H]2c2ccc(OC)cc2)cc1. The zero-order valence-electron chi connectivity index (χ0n) is 17.0. The largest absolute Gasteiger partial charge is 0.497 e. The Morgan fingerprint density at radius 1 is 1.13 bits per heavy atom. The highest BCUT2D eigenvalue weighted by Crippen LogP contribution is 2.38. The summed E-state index contributed by atoms with van der Waals surface area (Å²) in [6, 6.07) is 14.8. The molecule has 2 heterocycles. The molecule has 2 N–H and O–H groups in total. The van der Waals surface area contributed by atoms with Crippen molar-refractivity contribution in [1.29, 1.82) is 0 Å². The minimum absolute atomic E-state index is 0.121. The number of rotatable bonds is 6. The van der Waals surface area contributed by atoms with E-state index in [4.69, 9.17) is 9.47 Å². The lowest BCUT2D eigenvalue weighted by Gasteiger charge is -2.32. The van der Waals surface area contributed by atoms with Crippen LogP contribution in [-0.4, -0.2) is 39.7 Å². The molecule has 0 aliphatic carbocycles. The summed E-state index contributed by atoms with van der Waals surface area (Å²) in [6.45, 7) is 4.40. The minimum Gasteiger partial charge on any atom is -0.497 e. The van der Waals surface area contributed by atoms with Gasteiger partial charge in [-0.15, -0.1) is 10.2 Å². The fourth-order valence-corrected chi connectivity index (χ4v) is 4.36. The van der Waals surface area contributed by atoms with Crippen molar-refractivity contribution in [2.24, 2.45) is 0 Å². The van der Waals surface area contributed by atoms with Crippen molar-refractivity contribution >= 4 is 23.4 Å². The number of methoxy groups -OCH3 is 1. The number of anilines is 1. The van der Waals surface area contributed by atoms with Crippen molar-refractivity contribution in [3.63, 3.8) is 0 Å². The smallest absolute Gasteiger partial charge is 0.240 e. The topological polar surface area (TPSA) is 90.3 Å². The van der Waals surface area contributed by atoms with Crippen LogP contribution in [0.3, 0.4) is 0 Å². The normalized spacial score (nSPS) is 17.6. The number of aryl methyl sites for hydroxylation is 1. The number of benzene rings is 2. The molecule has 156 valence electrons. The fraction of sp³-hybridized carbons (Fsp3) is 0.286. The van der Waals surface area contributed by atoms with Crippen molar-refractivity contribution in [1.82, 2.24) is 14.9 Å². The molecule has 8 nitrogen and oxygen atoms in total. The summed E-state index contributed by atoms with van der Waals surface area (Å²) < 4.78 is 12.5. The summed E-state index contributed by atoms with van der Waals surface area (Å²) in [4.78, 5) is 13.2. The number of hydrogen-bond acceptors (Lipinski definition) is 7. The number of thioether (sulfide) groups is 1. The van der Waals surface area contributed by atoms with Crippen molar-refractivity contribution in [3.05, 3.63) is 59.9 Å². The molecule has 1 aliphatic rings. The minimum atomic E-state index is -0.443. The molecule has 4 rings (SSSR count). The molecule has 30 heavy (non-hydrogen) atoms. The Balaban J connectivity index is 1.59. The van der Waals surface area contributed by atoms with Gasteiger partial charge < -0.3 is 20.2 Å². The maximum absolute atomic E-state index is 13.2. The number of carbonyl (C=O) groups is 1. The van der Waals surface area contributed by atoms with Crippen LogP contribution in [0.25, 0.3) is 0 Å². The van der Waals surface area contributed by atoms with Gasteiger partial charge in [-0.05, 0) is 55.8 Å². The van der Waals surface area contributed by atoms with Crippen LogP contribution < -0.4 is 20.2 Å². The molecule has 0 spiro atoms. The zero-order chi connectivity index (χ0) is 21.1. The summed E-state index contributed by atoms with van der Waals surface area (Å²) in [6.07, 6.45) is 0. The first-order chi connectivity index (χ1) is 14.6. The van der Waals surface area contributed by atoms with E-state index in [1.807, 2.05) is 67.1 Å². The summed E-state index contributed by atoms with van der Waals surface area (Å²) >= 11 is 1.39. The van der Waals surface area contributed by atoms with Crippen molar-refractivity contribution in [2.45, 2.75) is 30.3 Å². The number of ether oxygens (including phenoxy) is 2. The number of carbonyl (C=O) groups excluding carboxylic acids is 1. The van der Waals surface area contributed by atoms with Crippen LogP contribution in [0.4, 0.5) is 5.69 Å². The summed E-state index contributed by atoms with van der Waals surface area (Å²) in [5.41, 5.74) is 5.07. The number of aromatic nitrogens is 3. The van der Waals surface area contributed by atoms with Crippen LogP contribution >= 0.6 is 11.8 Å². The number of nitrogens with one attached hydrogen (secondary N) is 2. The summed E-state index contributed by atoms with van der Waals surface area (Å²) in [5, 5.41) is 11.5. The third-order valence-electron chi connectivity index (χ3n) is 4.76. The molecule has 0 saturated carbocycles. The number of fused-ring (bicyclic) bond motifs is 1. The third-order valence-corrected chi connectivity index (χ3v) is 5.98. The van der Waals surface area contributed by atoms with E-state index in [1.165, 1.54) is 11.8 Å². The predicted octanol–water partition coefficient (Wildman–Crippen LogP) is 3.39. The lowest BCUT2D eigenvalue weighted by atomic mass is 10.0. The maximum Gasteiger partial charge on any atom is 0.240 e. The first-order valence-corrected chi connectivity index (χ1v) is 10.5. The van der Waals surface area contributed by atoms with Crippen molar-refractivity contribution < 1.29 is 14.3 Å². The molecule has 0 unspecified atom stereocenters. The summed E-state index contributed by atoms with van der Waals surface area (Å²) in [5.74, 6) is 2.15. The molecular formula is C21H23N5O3S. The van der Waals surface area contributed by atoms with E-state index in [-0.39, 0.29) is 11.9 Å². The molecule has 0 fully saturated rings. The van der Waals surface area contributed by atoms with Crippen LogP contribution in [0, 0.1) is 6.92 Å². The molecule has 0 saturated heterocycles. The van der Waals surface area contributed by atoms with Gasteiger partial charge in [0.1, 0.15) is 22.6 Å². The molecule has 0 radical (unpaired) electrons. The van der Waals surface area contributed by atoms with E-state index in [1.54, 1.807) is 7.11 Å². The monoisotopic (exact) mass is 425 g/mol. The van der Waals surface area contributed by atoms with Gasteiger partial charge in [-0.1, -0.05) is 23.9 Å². The highest BCUT2D eigenvalue weighted by atomic mass is 32.2. The van der Waals surface area contributed by atoms with Crippen LogP contribution in [0.2, 0.25) is 0 Å². The number of amides is 1. The average Bonchev–Trinajstić information content (AvgIpc) is 3.14. The van der Waals surface area contributed by atoms with E-state index < -0.39 is 5.25 Å². The molecule has 2 aromatic carbocycles. The van der Waals surface area contributed by atoms with E-state index in [0.29, 0.717) is 17.5 Å². The van der Waals surface area contributed by atoms with Gasteiger partial charge in [0.2, 0.25) is 11.1 Å². The van der Waals surface area contributed by atoms with Crippen LogP contribution in [0.15, 0.2) is 53.7 Å².